The summed E-state index contributed by atoms with van der Waals surface area (Å²) in [5.74, 6) is 1.87. The Hall–Kier alpha value is -0.510. The Morgan fingerprint density at radius 3 is 2.70 bits per heavy atom. The predicted molar refractivity (Wildman–Crippen MR) is 91.1 cm³/mol. The van der Waals surface area contributed by atoms with Gasteiger partial charge < -0.3 is 0 Å². The molecule has 0 N–H and O–H groups in total. The van der Waals surface area contributed by atoms with Crippen LogP contribution in [0.3, 0.4) is 0 Å². The van der Waals surface area contributed by atoms with E-state index in [0.29, 0.717) is 10.7 Å². The van der Waals surface area contributed by atoms with Crippen molar-refractivity contribution in [2.45, 2.75) is 37.4 Å². The van der Waals surface area contributed by atoms with Crippen LogP contribution in [0.5, 0.6) is 0 Å². The van der Waals surface area contributed by atoms with E-state index >= 15 is 0 Å². The molecule has 4 heteroatoms. The summed E-state index contributed by atoms with van der Waals surface area (Å²) < 4.78 is 0.384. The Morgan fingerprint density at radius 2 is 2.00 bits per heavy atom. The Morgan fingerprint density at radius 1 is 1.25 bits per heavy atom. The molecule has 1 nitrogen and oxygen atoms in total. The van der Waals surface area contributed by atoms with Gasteiger partial charge in [0.15, 0.2) is 0 Å². The van der Waals surface area contributed by atoms with Crippen molar-refractivity contribution in [3.63, 3.8) is 0 Å². The zero-order chi connectivity index (χ0) is 14.2. The first kappa shape index (κ1) is 14.4. The molecule has 1 aliphatic rings. The quantitative estimate of drug-likeness (QED) is 0.687. The van der Waals surface area contributed by atoms with Crippen molar-refractivity contribution < 1.29 is 0 Å². The summed E-state index contributed by atoms with van der Waals surface area (Å²) in [6.07, 6.45) is 2.48. The molecule has 1 fully saturated rings. The van der Waals surface area contributed by atoms with E-state index < -0.39 is 0 Å². The van der Waals surface area contributed by atoms with Crippen LogP contribution in [0.1, 0.15) is 37.6 Å². The molecule has 0 saturated carbocycles. The number of benzene rings is 1. The molecule has 2 aromatic rings. The fourth-order valence-corrected chi connectivity index (χ4v) is 5.04. The van der Waals surface area contributed by atoms with E-state index in [1.54, 1.807) is 11.3 Å². The lowest BCUT2D eigenvalue weighted by molar-refractivity contribution is 0.504. The van der Waals surface area contributed by atoms with Gasteiger partial charge in [-0.2, -0.15) is 11.8 Å². The molecule has 1 aliphatic heterocycles. The van der Waals surface area contributed by atoms with Gasteiger partial charge in [0.2, 0.25) is 0 Å². The lowest BCUT2D eigenvalue weighted by atomic mass is 9.94. The highest BCUT2D eigenvalue weighted by Crippen LogP contribution is 2.44. The van der Waals surface area contributed by atoms with E-state index in [9.17, 15) is 0 Å². The van der Waals surface area contributed by atoms with E-state index in [4.69, 9.17) is 16.6 Å². The number of hydrogen-bond donors (Lipinski definition) is 0. The Balaban J connectivity index is 1.81. The molecule has 0 spiro atoms. The van der Waals surface area contributed by atoms with Crippen molar-refractivity contribution in [2.75, 3.05) is 5.75 Å². The minimum Gasteiger partial charge on any atom is -0.241 e. The highest BCUT2D eigenvalue weighted by atomic mass is 35.5. The van der Waals surface area contributed by atoms with Crippen molar-refractivity contribution in [2.24, 2.45) is 0 Å². The first-order valence-electron chi connectivity index (χ1n) is 6.89. The van der Waals surface area contributed by atoms with Crippen molar-refractivity contribution in [3.05, 3.63) is 39.7 Å². The SMILES string of the molecule is CC1(C)C[C@H](c2nc(-c3ccc(Cl)cc3)cs2)CCS1. The number of thiazole rings is 1. The topological polar surface area (TPSA) is 12.9 Å². The van der Waals surface area contributed by atoms with E-state index in [-0.39, 0.29) is 0 Å². The molecule has 2 heterocycles. The molecule has 20 heavy (non-hydrogen) atoms. The molecule has 0 aliphatic carbocycles. The first-order chi connectivity index (χ1) is 9.53. The van der Waals surface area contributed by atoms with Crippen LogP contribution in [-0.4, -0.2) is 15.5 Å². The molecule has 106 valence electrons. The van der Waals surface area contributed by atoms with Crippen LogP contribution in [0.25, 0.3) is 11.3 Å². The number of thioether (sulfide) groups is 1. The Bertz CT molecular complexity index is 589. The zero-order valence-corrected chi connectivity index (χ0v) is 14.1. The minimum atomic E-state index is 0.384. The third-order valence-corrected chi connectivity index (χ3v) is 6.36. The predicted octanol–water partition coefficient (Wildman–Crippen LogP) is 5.85. The van der Waals surface area contributed by atoms with E-state index in [0.717, 1.165) is 16.3 Å². The summed E-state index contributed by atoms with van der Waals surface area (Å²) in [5.41, 5.74) is 2.24. The lowest BCUT2D eigenvalue weighted by Gasteiger charge is -2.33. The van der Waals surface area contributed by atoms with Gasteiger partial charge in [0.25, 0.3) is 0 Å². The third-order valence-electron chi connectivity index (χ3n) is 3.71. The summed E-state index contributed by atoms with van der Waals surface area (Å²) in [6.45, 7) is 4.69. The van der Waals surface area contributed by atoms with Gasteiger partial charge in [-0.3, -0.25) is 0 Å². The van der Waals surface area contributed by atoms with Crippen molar-refractivity contribution in [1.82, 2.24) is 4.98 Å². The fraction of sp³-hybridized carbons (Fsp3) is 0.438. The molecule has 1 atom stereocenters. The monoisotopic (exact) mass is 323 g/mol. The van der Waals surface area contributed by atoms with Crippen LogP contribution in [0.2, 0.25) is 5.02 Å². The van der Waals surface area contributed by atoms with Crippen molar-refractivity contribution in [1.29, 1.82) is 0 Å². The zero-order valence-electron chi connectivity index (χ0n) is 11.7. The lowest BCUT2D eigenvalue weighted by Crippen LogP contribution is -2.24. The normalized spacial score (nSPS) is 21.9. The summed E-state index contributed by atoms with van der Waals surface area (Å²) >= 11 is 9.83. The van der Waals surface area contributed by atoms with Gasteiger partial charge in [-0.15, -0.1) is 11.3 Å². The van der Waals surface area contributed by atoms with Crippen molar-refractivity contribution >= 4 is 34.7 Å². The van der Waals surface area contributed by atoms with Gasteiger partial charge in [0.05, 0.1) is 10.7 Å². The molecule has 0 unspecified atom stereocenters. The van der Waals surface area contributed by atoms with E-state index in [1.165, 1.54) is 23.6 Å². The second kappa shape index (κ2) is 5.70. The average Bonchev–Trinajstić information content (AvgIpc) is 2.88. The largest absolute Gasteiger partial charge is 0.241 e. The second-order valence-electron chi connectivity index (χ2n) is 5.88. The smallest absolute Gasteiger partial charge is 0.0964 e. The van der Waals surface area contributed by atoms with Crippen molar-refractivity contribution in [3.8, 4) is 11.3 Å². The van der Waals surface area contributed by atoms with Gasteiger partial charge in [-0.1, -0.05) is 37.6 Å². The first-order valence-corrected chi connectivity index (χ1v) is 9.13. The van der Waals surface area contributed by atoms with Crippen LogP contribution >= 0.6 is 34.7 Å². The molecule has 1 aromatic heterocycles. The van der Waals surface area contributed by atoms with Gasteiger partial charge in [-0.05, 0) is 30.7 Å². The van der Waals surface area contributed by atoms with E-state index in [1.807, 2.05) is 24.3 Å². The molecular formula is C16H18ClNS2. The van der Waals surface area contributed by atoms with Crippen LogP contribution in [0.15, 0.2) is 29.6 Å². The minimum absolute atomic E-state index is 0.384. The molecule has 1 saturated heterocycles. The number of halogens is 1. The number of nitrogens with zero attached hydrogens (tertiary/aromatic N) is 1. The Kier molecular flexibility index (Phi) is 4.11. The second-order valence-corrected chi connectivity index (χ2v) is 9.00. The van der Waals surface area contributed by atoms with Gasteiger partial charge in [0, 0.05) is 26.6 Å². The maximum absolute atomic E-state index is 5.94. The van der Waals surface area contributed by atoms with Crippen LogP contribution < -0.4 is 0 Å². The molecule has 3 rings (SSSR count). The summed E-state index contributed by atoms with van der Waals surface area (Å²) in [4.78, 5) is 4.87. The molecular weight excluding hydrogens is 306 g/mol. The highest BCUT2D eigenvalue weighted by molar-refractivity contribution is 8.00. The van der Waals surface area contributed by atoms with Crippen LogP contribution in [0, 0.1) is 0 Å². The summed E-state index contributed by atoms with van der Waals surface area (Å²) in [5, 5.41) is 4.24. The third kappa shape index (κ3) is 3.21. The van der Waals surface area contributed by atoms with E-state index in [2.05, 4.69) is 31.0 Å². The van der Waals surface area contributed by atoms with Gasteiger partial charge in [0.1, 0.15) is 0 Å². The molecule has 1 aromatic carbocycles. The molecule has 0 bridgehead atoms. The number of hydrogen-bond acceptors (Lipinski definition) is 3. The average molecular weight is 324 g/mol. The maximum Gasteiger partial charge on any atom is 0.0964 e. The maximum atomic E-state index is 5.94. The van der Waals surface area contributed by atoms with Crippen LogP contribution in [0.4, 0.5) is 0 Å². The molecule has 0 radical (unpaired) electrons. The van der Waals surface area contributed by atoms with Crippen LogP contribution in [-0.2, 0) is 0 Å². The Labute approximate surface area is 133 Å². The highest BCUT2D eigenvalue weighted by Gasteiger charge is 2.31. The number of aromatic nitrogens is 1. The number of rotatable bonds is 2. The standard InChI is InChI=1S/C16H18ClNS2/c1-16(2)9-12(7-8-20-16)15-18-14(10-19-15)11-3-5-13(17)6-4-11/h3-6,10,12H,7-9H2,1-2H3/t12-/m1/s1. The fourth-order valence-electron chi connectivity index (χ4n) is 2.67. The summed E-state index contributed by atoms with van der Waals surface area (Å²) in [7, 11) is 0. The van der Waals surface area contributed by atoms with Gasteiger partial charge >= 0.3 is 0 Å². The summed E-state index contributed by atoms with van der Waals surface area (Å²) in [6, 6.07) is 7.94. The molecule has 0 amide bonds. The van der Waals surface area contributed by atoms with Gasteiger partial charge in [-0.25, -0.2) is 4.98 Å².